The summed E-state index contributed by atoms with van der Waals surface area (Å²) in [5.41, 5.74) is 4.76. The lowest BCUT2D eigenvalue weighted by Crippen LogP contribution is -2.27. The monoisotopic (exact) mass is 388 g/mol. The summed E-state index contributed by atoms with van der Waals surface area (Å²) in [5, 5.41) is 4.23. The largest absolute Gasteiger partial charge is 0.482 e. The van der Waals surface area contributed by atoms with Gasteiger partial charge in [0.15, 0.2) is 13.2 Å². The summed E-state index contributed by atoms with van der Waals surface area (Å²) in [6.45, 7) is -0.725. The fraction of sp³-hybridized carbons (Fsp3) is 0.0870. The van der Waals surface area contributed by atoms with E-state index in [4.69, 9.17) is 9.47 Å². The van der Waals surface area contributed by atoms with Crippen LogP contribution in [0, 0.1) is 0 Å². The van der Waals surface area contributed by atoms with Crippen molar-refractivity contribution < 1.29 is 19.1 Å². The predicted octanol–water partition coefficient (Wildman–Crippen LogP) is 3.18. The van der Waals surface area contributed by atoms with Crippen molar-refractivity contribution in [1.29, 1.82) is 0 Å². The Morgan fingerprint density at radius 2 is 1.24 bits per heavy atom. The summed E-state index contributed by atoms with van der Waals surface area (Å²) in [6, 6.07) is 27.9. The average Bonchev–Trinajstić information content (AvgIpc) is 2.78. The van der Waals surface area contributed by atoms with Gasteiger partial charge in [0, 0.05) is 11.1 Å². The molecule has 0 saturated carbocycles. The Hall–Kier alpha value is -3.93. The van der Waals surface area contributed by atoms with Gasteiger partial charge >= 0.3 is 5.97 Å². The van der Waals surface area contributed by atoms with E-state index in [-0.39, 0.29) is 6.61 Å². The molecule has 0 radical (unpaired) electrons. The fourth-order valence-electron chi connectivity index (χ4n) is 2.49. The third-order valence-electron chi connectivity index (χ3n) is 3.85. The molecule has 0 aliphatic carbocycles. The summed E-state index contributed by atoms with van der Waals surface area (Å²) in [7, 11) is 0. The molecule has 0 atom stereocenters. The first kappa shape index (κ1) is 19.8. The quantitative estimate of drug-likeness (QED) is 0.365. The van der Waals surface area contributed by atoms with Crippen LogP contribution >= 0.6 is 0 Å². The van der Waals surface area contributed by atoms with Crippen LogP contribution in [0.1, 0.15) is 11.1 Å². The molecule has 0 fully saturated rings. The highest BCUT2D eigenvalue weighted by atomic mass is 16.6. The van der Waals surface area contributed by atoms with Crippen LogP contribution in [0.15, 0.2) is 96.1 Å². The van der Waals surface area contributed by atoms with E-state index in [0.29, 0.717) is 11.5 Å². The zero-order chi connectivity index (χ0) is 20.3. The number of esters is 1. The van der Waals surface area contributed by atoms with Crippen LogP contribution in [-0.2, 0) is 14.3 Å². The van der Waals surface area contributed by atoms with E-state index in [1.54, 1.807) is 24.3 Å². The summed E-state index contributed by atoms with van der Waals surface area (Å²) in [6.07, 6.45) is 0. The third-order valence-corrected chi connectivity index (χ3v) is 3.85. The van der Waals surface area contributed by atoms with Gasteiger partial charge in [-0.05, 0) is 12.1 Å². The van der Waals surface area contributed by atoms with E-state index in [2.05, 4.69) is 10.5 Å². The first-order chi connectivity index (χ1) is 14.2. The number of hydrogen-bond acceptors (Lipinski definition) is 5. The van der Waals surface area contributed by atoms with Crippen molar-refractivity contribution in [2.24, 2.45) is 5.10 Å². The van der Waals surface area contributed by atoms with Crippen LogP contribution in [-0.4, -0.2) is 30.8 Å². The minimum atomic E-state index is -0.640. The average molecular weight is 388 g/mol. The molecule has 6 heteroatoms. The van der Waals surface area contributed by atoms with E-state index in [0.717, 1.165) is 11.1 Å². The molecule has 1 N–H and O–H groups in total. The molecular weight excluding hydrogens is 368 g/mol. The Bertz CT molecular complexity index is 916. The Labute approximate surface area is 168 Å². The van der Waals surface area contributed by atoms with Gasteiger partial charge in [-0.3, -0.25) is 4.79 Å². The van der Waals surface area contributed by atoms with E-state index >= 15 is 0 Å². The van der Waals surface area contributed by atoms with Gasteiger partial charge in [0.1, 0.15) is 5.75 Å². The van der Waals surface area contributed by atoms with Gasteiger partial charge in [-0.15, -0.1) is 0 Å². The highest BCUT2D eigenvalue weighted by Gasteiger charge is 2.10. The minimum Gasteiger partial charge on any atom is -0.482 e. The second-order valence-electron chi connectivity index (χ2n) is 5.99. The Morgan fingerprint density at radius 3 is 1.79 bits per heavy atom. The number of hydrogen-bond donors (Lipinski definition) is 1. The summed E-state index contributed by atoms with van der Waals surface area (Å²) >= 11 is 0. The SMILES string of the molecule is O=C(COC(=O)COc1ccccc1)NN=C(c1ccccc1)c1ccccc1. The molecule has 0 aromatic heterocycles. The van der Waals surface area contributed by atoms with Crippen molar-refractivity contribution in [2.75, 3.05) is 13.2 Å². The lowest BCUT2D eigenvalue weighted by molar-refractivity contribution is -0.150. The van der Waals surface area contributed by atoms with Crippen molar-refractivity contribution in [3.8, 4) is 5.75 Å². The van der Waals surface area contributed by atoms with E-state index < -0.39 is 18.5 Å². The number of para-hydroxylation sites is 1. The highest BCUT2D eigenvalue weighted by Crippen LogP contribution is 2.10. The van der Waals surface area contributed by atoms with Crippen LogP contribution < -0.4 is 10.2 Å². The predicted molar refractivity (Wildman–Crippen MR) is 110 cm³/mol. The number of carbonyl (C=O) groups is 2. The number of benzene rings is 3. The number of amides is 1. The van der Waals surface area contributed by atoms with E-state index in [1.807, 2.05) is 66.7 Å². The van der Waals surface area contributed by atoms with Crippen LogP contribution in [0.5, 0.6) is 5.75 Å². The van der Waals surface area contributed by atoms with Crippen molar-refractivity contribution in [2.45, 2.75) is 0 Å². The molecule has 29 heavy (non-hydrogen) atoms. The smallest absolute Gasteiger partial charge is 0.344 e. The fourth-order valence-corrected chi connectivity index (χ4v) is 2.49. The van der Waals surface area contributed by atoms with Crippen LogP contribution in [0.2, 0.25) is 0 Å². The van der Waals surface area contributed by atoms with Crippen LogP contribution in [0.3, 0.4) is 0 Å². The van der Waals surface area contributed by atoms with Crippen molar-refractivity contribution in [3.63, 3.8) is 0 Å². The zero-order valence-corrected chi connectivity index (χ0v) is 15.7. The van der Waals surface area contributed by atoms with Gasteiger partial charge in [0.05, 0.1) is 5.71 Å². The maximum atomic E-state index is 12.1. The van der Waals surface area contributed by atoms with Gasteiger partial charge in [0.2, 0.25) is 0 Å². The molecular formula is C23H20N2O4. The molecule has 0 bridgehead atoms. The van der Waals surface area contributed by atoms with Gasteiger partial charge < -0.3 is 9.47 Å². The molecule has 0 aliphatic rings. The van der Waals surface area contributed by atoms with Gasteiger partial charge in [-0.25, -0.2) is 10.2 Å². The number of nitrogens with zero attached hydrogens (tertiary/aromatic N) is 1. The second kappa shape index (κ2) is 10.4. The molecule has 3 aromatic rings. The van der Waals surface area contributed by atoms with Crippen LogP contribution in [0.25, 0.3) is 0 Å². The Balaban J connectivity index is 1.55. The molecule has 1 amide bonds. The first-order valence-electron chi connectivity index (χ1n) is 9.03. The molecule has 6 nitrogen and oxygen atoms in total. The molecule has 146 valence electrons. The molecule has 0 spiro atoms. The van der Waals surface area contributed by atoms with E-state index in [1.165, 1.54) is 0 Å². The summed E-state index contributed by atoms with van der Waals surface area (Å²) in [5.74, 6) is -0.629. The summed E-state index contributed by atoms with van der Waals surface area (Å²) < 4.78 is 10.2. The molecule has 0 heterocycles. The number of carbonyl (C=O) groups excluding carboxylic acids is 2. The van der Waals surface area contributed by atoms with Gasteiger partial charge in [0.25, 0.3) is 5.91 Å². The lowest BCUT2D eigenvalue weighted by atomic mass is 10.0. The lowest BCUT2D eigenvalue weighted by Gasteiger charge is -2.09. The van der Waals surface area contributed by atoms with Gasteiger partial charge in [-0.1, -0.05) is 78.9 Å². The number of rotatable bonds is 8. The standard InChI is InChI=1S/C23H20N2O4/c26-21(16-29-22(27)17-28-20-14-8-3-9-15-20)24-25-23(18-10-4-1-5-11-18)19-12-6-2-7-13-19/h1-15H,16-17H2,(H,24,26). The first-order valence-corrected chi connectivity index (χ1v) is 9.03. The van der Waals surface area contributed by atoms with Crippen molar-refractivity contribution in [3.05, 3.63) is 102 Å². The molecule has 0 aliphatic heterocycles. The Morgan fingerprint density at radius 1 is 0.724 bits per heavy atom. The molecule has 3 aromatic carbocycles. The number of nitrogens with one attached hydrogen (secondary N) is 1. The normalized spacial score (nSPS) is 9.93. The maximum absolute atomic E-state index is 12.1. The van der Waals surface area contributed by atoms with Crippen molar-refractivity contribution >= 4 is 17.6 Å². The molecule has 0 unspecified atom stereocenters. The third kappa shape index (κ3) is 6.32. The molecule has 3 rings (SSSR count). The van der Waals surface area contributed by atoms with Crippen molar-refractivity contribution in [1.82, 2.24) is 5.43 Å². The second-order valence-corrected chi connectivity index (χ2v) is 5.99. The highest BCUT2D eigenvalue weighted by molar-refractivity contribution is 6.13. The van der Waals surface area contributed by atoms with E-state index in [9.17, 15) is 9.59 Å². The number of ether oxygens (including phenoxy) is 2. The minimum absolute atomic E-state index is 0.278. The summed E-state index contributed by atoms with van der Waals surface area (Å²) in [4.78, 5) is 23.8. The molecule has 0 saturated heterocycles. The van der Waals surface area contributed by atoms with Gasteiger partial charge in [-0.2, -0.15) is 5.10 Å². The maximum Gasteiger partial charge on any atom is 0.344 e. The van der Waals surface area contributed by atoms with Crippen LogP contribution in [0.4, 0.5) is 0 Å². The Kier molecular flexibility index (Phi) is 7.12. The topological polar surface area (TPSA) is 77.0 Å². The zero-order valence-electron chi connectivity index (χ0n) is 15.7. The number of hydrazone groups is 1.